The quantitative estimate of drug-likeness (QED) is 0.0176. The fourth-order valence-corrected chi connectivity index (χ4v) is 9.91. The van der Waals surface area contributed by atoms with Crippen LogP contribution in [0.1, 0.15) is 497 Å². The molecular weight excluding hydrogens is 1620 g/mol. The van der Waals surface area contributed by atoms with Crippen LogP contribution in [0.2, 0.25) is 0 Å². The summed E-state index contributed by atoms with van der Waals surface area (Å²) < 4.78 is 35.6. The van der Waals surface area contributed by atoms with E-state index in [4.69, 9.17) is 28.4 Å². The summed E-state index contributed by atoms with van der Waals surface area (Å²) in [5.74, 6) is 0.509. The molecule has 778 valence electrons. The van der Waals surface area contributed by atoms with Gasteiger partial charge in [-0.1, -0.05) is 392 Å². The van der Waals surface area contributed by atoms with Gasteiger partial charge in [0.25, 0.3) is 0 Å². The number of ketones is 1. The molecule has 130 heavy (non-hydrogen) atoms. The minimum absolute atomic E-state index is 0. The molecule has 15 nitrogen and oxygen atoms in total. The van der Waals surface area contributed by atoms with E-state index >= 15 is 0 Å². The predicted octanol–water partition coefficient (Wildman–Crippen LogP) is 36.1. The van der Waals surface area contributed by atoms with Crippen molar-refractivity contribution >= 4 is 41.6 Å². The number of carbonyl (C=O) groups excluding carboxylic acids is 7. The number of unbranched alkanes of at least 4 members (excludes halogenated alkanes) is 19. The Kier molecular flexibility index (Phi) is 132. The monoisotopic (exact) mass is 1850 g/mol. The lowest BCUT2D eigenvalue weighted by molar-refractivity contribution is -0.156. The Hall–Kier alpha value is -6.71. The average molecular weight is 1850 g/mol. The molecule has 15 heteroatoms. The van der Waals surface area contributed by atoms with E-state index in [1.807, 2.05) is 153 Å². The van der Waals surface area contributed by atoms with Gasteiger partial charge in [0.2, 0.25) is 0 Å². The molecule has 0 fully saturated rings. The SMILES string of the molecule is C.C.C.C.C.C.C.C.C.C.C.C.C.C.CCC(C)(C)C(=O)OC.CCC(C)(C)C(=O)OCCN(C)C.CCC(C)(C)C(=O)OCc1ccccc1.CCC(C)c1ccc(C)cc1.CCC(C)c1ccccc1.CCCCCCCCCCCCCCCCCCOC(=O)C(C)(C)CC.CCCCOC(=O)C(C)(C)CC.COCCCCCCOC(=O)c1cccc(C(C)=O)c1. The van der Waals surface area contributed by atoms with Crippen LogP contribution >= 0.6 is 0 Å². The molecule has 0 saturated carbocycles. The van der Waals surface area contributed by atoms with E-state index in [-0.39, 0.29) is 173 Å². The number of ether oxygens (including phenoxy) is 7. The second-order valence-corrected chi connectivity index (χ2v) is 34.2. The zero-order valence-corrected chi connectivity index (χ0v) is 79.2. The molecular formula is C115H229NO14. The standard InChI is InChI=1S/C24H48O2.C16H22O4.C13H18O2.C11H16.C10H21NO2.C10H20O2.C10H14.C7H14O2.14CH4/c1-5-7-8-9-10-11-12-13-14-15-16-17-18-19-20-21-22-26-23(25)24(3,4)6-2;1-13(17)14-8-7-9-15(12-14)16(18)20-11-6-4-3-5-10-19-2;1-4-13(2,3)12(14)15-10-11-8-6-5-7-9-11;1-4-10(3)11-7-5-9(2)6-8-11;1-6-10(2,3)9(12)13-8-7-11(4)5;1-5-7-8-12-9(11)10(3,4)6-2;1-3-9(2)10-7-5-4-6-8-10;1-5-7(2,3)6(8)9-4;;;;;;;;;;;;;;/h5-22H2,1-4H3;7-9,12H,3-6,10-11H2,1-2H3;5-9H,4,10H2,1-3H3;5-8,10H,4H2,1-3H3;6-8H2,1-5H3;5-8H2,1-4H3;4-9H,3H2,1-2H3;5H2,1-4H3;14*1H4. The van der Waals surface area contributed by atoms with E-state index in [0.717, 1.165) is 95.8 Å². The van der Waals surface area contributed by atoms with Gasteiger partial charge in [-0.05, 0) is 215 Å². The fraction of sp³-hybridized carbons (Fsp3) is 0.730. The van der Waals surface area contributed by atoms with Crippen LogP contribution in [0.3, 0.4) is 0 Å². The molecule has 0 bridgehead atoms. The first kappa shape index (κ1) is 166. The lowest BCUT2D eigenvalue weighted by atomic mass is 9.91. The number of hydrogen-bond acceptors (Lipinski definition) is 15. The third-order valence-corrected chi connectivity index (χ3v) is 21.5. The molecule has 2 unspecified atom stereocenters. The molecule has 4 aromatic carbocycles. The van der Waals surface area contributed by atoms with Crippen LogP contribution in [0, 0.1) is 34.0 Å². The second kappa shape index (κ2) is 103. The number of nitrogens with zero attached hydrogens (tertiary/aromatic N) is 1. The predicted molar refractivity (Wildman–Crippen MR) is 581 cm³/mol. The van der Waals surface area contributed by atoms with Gasteiger partial charge in [0.05, 0.1) is 59.6 Å². The van der Waals surface area contributed by atoms with E-state index in [1.165, 1.54) is 140 Å². The number of likely N-dealkylation sites (N-methyl/N-ethyl adjacent to an activating group) is 1. The van der Waals surface area contributed by atoms with Crippen molar-refractivity contribution in [2.24, 2.45) is 27.1 Å². The van der Waals surface area contributed by atoms with Crippen LogP contribution in [0.15, 0.2) is 109 Å². The number of hydrogen-bond donors (Lipinski definition) is 0. The molecule has 0 saturated heterocycles. The molecule has 0 radical (unpaired) electrons. The smallest absolute Gasteiger partial charge is 0.338 e. The Morgan fingerprint density at radius 3 is 0.931 bits per heavy atom. The molecule has 0 aliphatic rings. The molecule has 0 aromatic heterocycles. The van der Waals surface area contributed by atoms with Gasteiger partial charge in [-0.3, -0.25) is 28.8 Å². The minimum atomic E-state index is -0.380. The molecule has 4 rings (SSSR count). The first-order valence-electron chi connectivity index (χ1n) is 44.7. The minimum Gasteiger partial charge on any atom is -0.469 e. The number of esters is 6. The highest BCUT2D eigenvalue weighted by Crippen LogP contribution is 2.27. The third-order valence-electron chi connectivity index (χ3n) is 21.5. The van der Waals surface area contributed by atoms with Crippen molar-refractivity contribution in [3.63, 3.8) is 0 Å². The van der Waals surface area contributed by atoms with Gasteiger partial charge in [-0.15, -0.1) is 0 Å². The summed E-state index contributed by atoms with van der Waals surface area (Å²) in [6.07, 6.45) is 34.4. The molecule has 2 atom stereocenters. The van der Waals surface area contributed by atoms with E-state index < -0.39 is 0 Å². The van der Waals surface area contributed by atoms with Gasteiger partial charge >= 0.3 is 35.8 Å². The zero-order valence-electron chi connectivity index (χ0n) is 79.2. The first-order valence-corrected chi connectivity index (χ1v) is 44.7. The zero-order chi connectivity index (χ0) is 88.9. The number of methoxy groups -OCH3 is 2. The van der Waals surface area contributed by atoms with Crippen molar-refractivity contribution < 1.29 is 66.7 Å². The molecule has 4 aromatic rings. The Morgan fingerprint density at radius 1 is 0.323 bits per heavy atom. The van der Waals surface area contributed by atoms with Gasteiger partial charge in [0, 0.05) is 25.8 Å². The number of carbonyl (C=O) groups is 7. The Balaban J connectivity index is -0.0000000693. The largest absolute Gasteiger partial charge is 0.469 e. The molecule has 0 aliphatic heterocycles. The summed E-state index contributed by atoms with van der Waals surface area (Å²) in [7, 11) is 7.02. The van der Waals surface area contributed by atoms with Crippen molar-refractivity contribution in [3.05, 3.63) is 143 Å². The number of rotatable bonds is 48. The normalized spacial score (nSPS) is 10.3. The van der Waals surface area contributed by atoms with Crippen LogP contribution in [0.25, 0.3) is 0 Å². The van der Waals surface area contributed by atoms with Crippen molar-refractivity contribution in [2.75, 3.05) is 67.9 Å². The second-order valence-electron chi connectivity index (χ2n) is 34.2. The van der Waals surface area contributed by atoms with E-state index in [9.17, 15) is 33.6 Å². The van der Waals surface area contributed by atoms with Crippen molar-refractivity contribution in [2.45, 2.75) is 468 Å². The lowest BCUT2D eigenvalue weighted by Gasteiger charge is -2.20. The van der Waals surface area contributed by atoms with Crippen LogP contribution in [-0.4, -0.2) is 114 Å². The maximum absolute atomic E-state index is 11.8. The highest BCUT2D eigenvalue weighted by Gasteiger charge is 2.30. The fourth-order valence-electron chi connectivity index (χ4n) is 9.91. The molecule has 0 aliphatic carbocycles. The van der Waals surface area contributed by atoms with Gasteiger partial charge in [-0.2, -0.15) is 0 Å². The van der Waals surface area contributed by atoms with Crippen LogP contribution in [0.5, 0.6) is 0 Å². The number of Topliss-reactive ketones (excluding diaryl/α,β-unsaturated/α-hetero) is 1. The summed E-state index contributed by atoms with van der Waals surface area (Å²) in [6, 6.07) is 35.8. The highest BCUT2D eigenvalue weighted by molar-refractivity contribution is 5.97. The van der Waals surface area contributed by atoms with Gasteiger partial charge in [0.1, 0.15) is 13.2 Å². The first-order chi connectivity index (χ1) is 54.8. The Bertz CT molecular complexity index is 3060. The Morgan fingerprint density at radius 2 is 0.615 bits per heavy atom. The molecule has 0 spiro atoms. The maximum Gasteiger partial charge on any atom is 0.338 e. The van der Waals surface area contributed by atoms with E-state index in [2.05, 4.69) is 108 Å². The molecule has 0 heterocycles. The maximum atomic E-state index is 11.8. The number of aryl methyl sites for hydroxylation is 1. The van der Waals surface area contributed by atoms with Crippen molar-refractivity contribution in [1.82, 2.24) is 4.90 Å². The molecule has 0 amide bonds. The topological polar surface area (TPSA) is 187 Å². The molecule has 0 N–H and O–H groups in total. The van der Waals surface area contributed by atoms with Crippen LogP contribution in [0.4, 0.5) is 0 Å². The van der Waals surface area contributed by atoms with E-state index in [0.29, 0.717) is 56.0 Å². The summed E-state index contributed by atoms with van der Waals surface area (Å²) in [4.78, 5) is 82.1. The van der Waals surface area contributed by atoms with Crippen molar-refractivity contribution in [1.29, 1.82) is 0 Å². The lowest BCUT2D eigenvalue weighted by Crippen LogP contribution is -2.28. The Labute approximate surface area is 814 Å². The van der Waals surface area contributed by atoms with Gasteiger partial charge < -0.3 is 38.1 Å². The summed E-state index contributed by atoms with van der Waals surface area (Å²) in [6.45, 7) is 50.0. The van der Waals surface area contributed by atoms with Gasteiger partial charge in [0.15, 0.2) is 5.78 Å². The highest BCUT2D eigenvalue weighted by atomic mass is 16.6. The number of benzene rings is 4. The summed E-state index contributed by atoms with van der Waals surface area (Å²) in [5.41, 5.74) is 4.56. The average Bonchev–Trinajstić information content (AvgIpc) is 0.864. The third kappa shape index (κ3) is 89.2. The summed E-state index contributed by atoms with van der Waals surface area (Å²) >= 11 is 0. The van der Waals surface area contributed by atoms with E-state index in [1.54, 1.807) is 31.4 Å². The van der Waals surface area contributed by atoms with Crippen LogP contribution < -0.4 is 0 Å². The van der Waals surface area contributed by atoms with Crippen molar-refractivity contribution in [3.8, 4) is 0 Å². The van der Waals surface area contributed by atoms with Gasteiger partial charge in [-0.25, -0.2) is 4.79 Å². The summed E-state index contributed by atoms with van der Waals surface area (Å²) in [5, 5.41) is 0. The van der Waals surface area contributed by atoms with Crippen LogP contribution in [-0.2, 0) is 63.7 Å².